The molecule has 0 aliphatic rings. The average molecular weight is 269 g/mol. The van der Waals surface area contributed by atoms with Crippen molar-refractivity contribution in [2.24, 2.45) is 11.7 Å². The summed E-state index contributed by atoms with van der Waals surface area (Å²) >= 11 is 5.96. The van der Waals surface area contributed by atoms with Crippen LogP contribution in [-0.2, 0) is 4.79 Å². The Balaban J connectivity index is 2.84. The predicted molar refractivity (Wildman–Crippen MR) is 75.5 cm³/mol. The Labute approximate surface area is 114 Å². The summed E-state index contributed by atoms with van der Waals surface area (Å²) in [5.41, 5.74) is 6.79. The van der Waals surface area contributed by atoms with Gasteiger partial charge in [-0.15, -0.1) is 0 Å². The van der Waals surface area contributed by atoms with E-state index >= 15 is 0 Å². The van der Waals surface area contributed by atoms with E-state index in [1.165, 1.54) is 0 Å². The molecular formula is C14H21ClN2O. The molecule has 3 atom stereocenters. The van der Waals surface area contributed by atoms with E-state index in [1.54, 1.807) is 11.9 Å². The Bertz CT molecular complexity index is 420. The van der Waals surface area contributed by atoms with Gasteiger partial charge in [-0.05, 0) is 31.5 Å². The first-order chi connectivity index (χ1) is 8.34. The molecule has 1 aromatic carbocycles. The lowest BCUT2D eigenvalue weighted by Crippen LogP contribution is -2.40. The minimum atomic E-state index is -0.184. The summed E-state index contributed by atoms with van der Waals surface area (Å²) in [7, 11) is 1.80. The number of nitrogens with two attached hydrogens (primary N) is 1. The lowest BCUT2D eigenvalue weighted by Gasteiger charge is -2.29. The highest BCUT2D eigenvalue weighted by atomic mass is 35.5. The molecule has 1 aromatic rings. The van der Waals surface area contributed by atoms with E-state index in [0.29, 0.717) is 5.02 Å². The molecule has 0 aliphatic heterocycles. The van der Waals surface area contributed by atoms with E-state index < -0.39 is 0 Å². The van der Waals surface area contributed by atoms with Crippen LogP contribution in [-0.4, -0.2) is 23.9 Å². The number of rotatable bonds is 4. The maximum Gasteiger partial charge on any atom is 0.227 e. The van der Waals surface area contributed by atoms with Gasteiger partial charge in [0.2, 0.25) is 5.91 Å². The molecule has 0 bridgehead atoms. The van der Waals surface area contributed by atoms with Crippen molar-refractivity contribution >= 4 is 17.5 Å². The summed E-state index contributed by atoms with van der Waals surface area (Å²) in [5, 5.41) is 0.681. The molecule has 0 heterocycles. The lowest BCUT2D eigenvalue weighted by atomic mass is 10.0. The molecule has 100 valence electrons. The van der Waals surface area contributed by atoms with Gasteiger partial charge in [0.25, 0.3) is 0 Å². The second-order valence-corrected chi connectivity index (χ2v) is 5.26. The molecule has 0 saturated carbocycles. The third kappa shape index (κ3) is 3.47. The lowest BCUT2D eigenvalue weighted by molar-refractivity contribution is -0.136. The number of hydrogen-bond acceptors (Lipinski definition) is 2. The number of carbonyl (C=O) groups is 1. The minimum absolute atomic E-state index is 0.0163. The van der Waals surface area contributed by atoms with E-state index in [0.717, 1.165) is 5.56 Å². The summed E-state index contributed by atoms with van der Waals surface area (Å²) in [6, 6.07) is 7.40. The first-order valence-corrected chi connectivity index (χ1v) is 6.50. The summed E-state index contributed by atoms with van der Waals surface area (Å²) in [6.45, 7) is 5.69. The van der Waals surface area contributed by atoms with Crippen molar-refractivity contribution in [1.82, 2.24) is 4.90 Å². The van der Waals surface area contributed by atoms with E-state index in [1.807, 2.05) is 45.0 Å². The molecule has 0 saturated heterocycles. The van der Waals surface area contributed by atoms with Crippen LogP contribution in [0, 0.1) is 5.92 Å². The van der Waals surface area contributed by atoms with Crippen LogP contribution in [0.4, 0.5) is 0 Å². The summed E-state index contributed by atoms with van der Waals surface area (Å²) in [6.07, 6.45) is 0. The molecule has 3 nitrogen and oxygen atoms in total. The summed E-state index contributed by atoms with van der Waals surface area (Å²) in [5.74, 6) is -0.130. The Morgan fingerprint density at radius 2 is 1.94 bits per heavy atom. The number of amides is 1. The minimum Gasteiger partial charge on any atom is -0.339 e. The molecule has 3 unspecified atom stereocenters. The van der Waals surface area contributed by atoms with E-state index in [-0.39, 0.29) is 23.9 Å². The molecule has 0 radical (unpaired) electrons. The molecule has 4 heteroatoms. The number of benzene rings is 1. The predicted octanol–water partition coefficient (Wildman–Crippen LogP) is 2.84. The highest BCUT2D eigenvalue weighted by Gasteiger charge is 2.24. The molecular weight excluding hydrogens is 248 g/mol. The van der Waals surface area contributed by atoms with Gasteiger partial charge in [-0.3, -0.25) is 4.79 Å². The maximum atomic E-state index is 12.2. The fraction of sp³-hybridized carbons (Fsp3) is 0.500. The number of halogens is 1. The number of nitrogens with zero attached hydrogens (tertiary/aromatic N) is 1. The van der Waals surface area contributed by atoms with Crippen LogP contribution in [0.2, 0.25) is 5.02 Å². The van der Waals surface area contributed by atoms with Gasteiger partial charge in [0.05, 0.1) is 12.0 Å². The van der Waals surface area contributed by atoms with Gasteiger partial charge in [0, 0.05) is 18.1 Å². The summed E-state index contributed by atoms with van der Waals surface area (Å²) in [4.78, 5) is 13.9. The van der Waals surface area contributed by atoms with Crippen LogP contribution in [0.15, 0.2) is 24.3 Å². The van der Waals surface area contributed by atoms with Gasteiger partial charge < -0.3 is 10.6 Å². The molecule has 18 heavy (non-hydrogen) atoms. The highest BCUT2D eigenvalue weighted by molar-refractivity contribution is 6.30. The standard InChI is InChI=1S/C14H21ClN2O/c1-9(10(2)16)14(18)17(4)11(3)12-6-5-7-13(15)8-12/h5-11H,16H2,1-4H3. The van der Waals surface area contributed by atoms with Crippen LogP contribution >= 0.6 is 11.6 Å². The van der Waals surface area contributed by atoms with Crippen molar-refractivity contribution in [3.05, 3.63) is 34.9 Å². The molecule has 0 aromatic heterocycles. The Hall–Kier alpha value is -1.06. The molecule has 0 fully saturated rings. The smallest absolute Gasteiger partial charge is 0.227 e. The van der Waals surface area contributed by atoms with E-state index in [2.05, 4.69) is 0 Å². The van der Waals surface area contributed by atoms with Gasteiger partial charge in [0.1, 0.15) is 0 Å². The first-order valence-electron chi connectivity index (χ1n) is 6.12. The van der Waals surface area contributed by atoms with Crippen molar-refractivity contribution in [2.45, 2.75) is 32.9 Å². The zero-order valence-corrected chi connectivity index (χ0v) is 12.1. The van der Waals surface area contributed by atoms with Gasteiger partial charge in [-0.2, -0.15) is 0 Å². The third-order valence-electron chi connectivity index (χ3n) is 3.44. The fourth-order valence-electron chi connectivity index (χ4n) is 1.73. The Morgan fingerprint density at radius 1 is 1.33 bits per heavy atom. The quantitative estimate of drug-likeness (QED) is 0.913. The second kappa shape index (κ2) is 6.21. The topological polar surface area (TPSA) is 46.3 Å². The Morgan fingerprint density at radius 3 is 2.44 bits per heavy atom. The van der Waals surface area contributed by atoms with Crippen molar-refractivity contribution in [1.29, 1.82) is 0 Å². The number of carbonyl (C=O) groups excluding carboxylic acids is 1. The zero-order chi connectivity index (χ0) is 13.9. The third-order valence-corrected chi connectivity index (χ3v) is 3.67. The molecule has 2 N–H and O–H groups in total. The molecule has 0 spiro atoms. The highest BCUT2D eigenvalue weighted by Crippen LogP contribution is 2.23. The molecule has 0 aliphatic carbocycles. The first kappa shape index (κ1) is 15.0. The monoisotopic (exact) mass is 268 g/mol. The fourth-order valence-corrected chi connectivity index (χ4v) is 1.93. The van der Waals surface area contributed by atoms with Crippen LogP contribution < -0.4 is 5.73 Å². The van der Waals surface area contributed by atoms with Gasteiger partial charge in [-0.1, -0.05) is 30.7 Å². The van der Waals surface area contributed by atoms with Crippen LogP contribution in [0.5, 0.6) is 0 Å². The van der Waals surface area contributed by atoms with Crippen LogP contribution in [0.3, 0.4) is 0 Å². The van der Waals surface area contributed by atoms with Gasteiger partial charge in [0.15, 0.2) is 0 Å². The van der Waals surface area contributed by atoms with Crippen molar-refractivity contribution in [3.63, 3.8) is 0 Å². The SMILES string of the molecule is CC(N)C(C)C(=O)N(C)C(C)c1cccc(Cl)c1. The van der Waals surface area contributed by atoms with Crippen LogP contribution in [0.1, 0.15) is 32.4 Å². The molecule has 1 amide bonds. The van der Waals surface area contributed by atoms with E-state index in [9.17, 15) is 4.79 Å². The summed E-state index contributed by atoms with van der Waals surface area (Å²) < 4.78 is 0. The Kier molecular flexibility index (Phi) is 5.17. The van der Waals surface area contributed by atoms with Crippen molar-refractivity contribution < 1.29 is 4.79 Å². The second-order valence-electron chi connectivity index (χ2n) is 4.83. The maximum absolute atomic E-state index is 12.2. The van der Waals surface area contributed by atoms with Crippen molar-refractivity contribution in [3.8, 4) is 0 Å². The normalized spacial score (nSPS) is 15.9. The zero-order valence-electron chi connectivity index (χ0n) is 11.4. The molecule has 1 rings (SSSR count). The largest absolute Gasteiger partial charge is 0.339 e. The number of hydrogen-bond donors (Lipinski definition) is 1. The van der Waals surface area contributed by atoms with Crippen molar-refractivity contribution in [2.75, 3.05) is 7.05 Å². The van der Waals surface area contributed by atoms with Gasteiger partial charge >= 0.3 is 0 Å². The van der Waals surface area contributed by atoms with Gasteiger partial charge in [-0.25, -0.2) is 0 Å². The van der Waals surface area contributed by atoms with Crippen LogP contribution in [0.25, 0.3) is 0 Å². The average Bonchev–Trinajstić information content (AvgIpc) is 2.35. The van der Waals surface area contributed by atoms with E-state index in [4.69, 9.17) is 17.3 Å².